The molecule has 4 nitrogen and oxygen atoms in total. The van der Waals surface area contributed by atoms with Crippen molar-refractivity contribution >= 4 is 11.9 Å². The summed E-state index contributed by atoms with van der Waals surface area (Å²) in [5.74, 6) is -0.210. The second-order valence-electron chi connectivity index (χ2n) is 1.97. The van der Waals surface area contributed by atoms with Gasteiger partial charge in [0.05, 0.1) is 0 Å². The number of nitrogens with zero attached hydrogens (tertiary/aromatic N) is 2. The van der Waals surface area contributed by atoms with Crippen LogP contribution in [0.3, 0.4) is 0 Å². The van der Waals surface area contributed by atoms with Crippen molar-refractivity contribution in [3.63, 3.8) is 0 Å². The largest absolute Gasteiger partial charge is 0.455 e. The molecule has 0 N–H and O–H groups in total. The summed E-state index contributed by atoms with van der Waals surface area (Å²) in [6.45, 7) is 0.0908. The van der Waals surface area contributed by atoms with E-state index < -0.39 is 0 Å². The molecule has 1 rings (SSSR count). The molecule has 0 aromatic rings. The molecule has 0 radical (unpaired) electrons. The van der Waals surface area contributed by atoms with Crippen LogP contribution in [0, 0.1) is 0 Å². The summed E-state index contributed by atoms with van der Waals surface area (Å²) in [7, 11) is 3.55. The van der Waals surface area contributed by atoms with Gasteiger partial charge >= 0.3 is 0 Å². The van der Waals surface area contributed by atoms with Crippen molar-refractivity contribution in [2.45, 2.75) is 0 Å². The molecular formula is C5H8N2O2. The summed E-state index contributed by atoms with van der Waals surface area (Å²) < 4.78 is 4.85. The van der Waals surface area contributed by atoms with Crippen LogP contribution in [-0.4, -0.2) is 37.5 Å². The number of carbonyl (C=O) groups excluding carboxylic acids is 1. The highest BCUT2D eigenvalue weighted by Crippen LogP contribution is 1.96. The van der Waals surface area contributed by atoms with E-state index in [-0.39, 0.29) is 12.5 Å². The lowest BCUT2D eigenvalue weighted by molar-refractivity contribution is -0.118. The molecule has 0 bridgehead atoms. The molecule has 0 aliphatic carbocycles. The molecule has 1 aliphatic heterocycles. The first-order chi connectivity index (χ1) is 4.20. The standard InChI is InChI=1S/C5H8N2O2/c1-7(2)5-6-4(8)3-9-5/h3H2,1-2H3. The van der Waals surface area contributed by atoms with Crippen molar-refractivity contribution in [1.29, 1.82) is 0 Å². The zero-order valence-corrected chi connectivity index (χ0v) is 5.42. The highest BCUT2D eigenvalue weighted by molar-refractivity contribution is 5.96. The van der Waals surface area contributed by atoms with Gasteiger partial charge in [-0.2, -0.15) is 4.99 Å². The highest BCUT2D eigenvalue weighted by Gasteiger charge is 2.15. The van der Waals surface area contributed by atoms with E-state index in [0.717, 1.165) is 0 Å². The normalized spacial score (nSPS) is 17.1. The molecule has 1 heterocycles. The molecule has 4 heteroatoms. The summed E-state index contributed by atoms with van der Waals surface area (Å²) in [5, 5.41) is 0. The predicted octanol–water partition coefficient (Wildman–Crippen LogP) is -0.539. The third-order valence-electron chi connectivity index (χ3n) is 0.928. The topological polar surface area (TPSA) is 41.9 Å². The predicted molar refractivity (Wildman–Crippen MR) is 32.1 cm³/mol. The number of hydrogen-bond acceptors (Lipinski definition) is 3. The van der Waals surface area contributed by atoms with Crippen LogP contribution < -0.4 is 0 Å². The first-order valence-corrected chi connectivity index (χ1v) is 2.62. The fraction of sp³-hybridized carbons (Fsp3) is 0.600. The van der Waals surface area contributed by atoms with E-state index in [2.05, 4.69) is 4.99 Å². The Kier molecular flexibility index (Phi) is 1.38. The van der Waals surface area contributed by atoms with Gasteiger partial charge in [-0.25, -0.2) is 0 Å². The fourth-order valence-electron chi connectivity index (χ4n) is 0.527. The molecular weight excluding hydrogens is 120 g/mol. The first-order valence-electron chi connectivity index (χ1n) is 2.62. The van der Waals surface area contributed by atoms with E-state index in [4.69, 9.17) is 4.74 Å². The van der Waals surface area contributed by atoms with Crippen molar-refractivity contribution in [2.24, 2.45) is 4.99 Å². The van der Waals surface area contributed by atoms with E-state index in [1.54, 1.807) is 19.0 Å². The zero-order chi connectivity index (χ0) is 6.85. The van der Waals surface area contributed by atoms with Gasteiger partial charge in [-0.1, -0.05) is 0 Å². The number of amides is 1. The molecule has 0 spiro atoms. The van der Waals surface area contributed by atoms with Gasteiger partial charge in [-0.3, -0.25) is 4.79 Å². The Bertz CT molecular complexity index is 162. The fourth-order valence-corrected chi connectivity index (χ4v) is 0.527. The Hall–Kier alpha value is -1.06. The van der Waals surface area contributed by atoms with E-state index in [1.165, 1.54) is 0 Å². The third-order valence-corrected chi connectivity index (χ3v) is 0.928. The maximum Gasteiger partial charge on any atom is 0.295 e. The van der Waals surface area contributed by atoms with Crippen molar-refractivity contribution in [3.8, 4) is 0 Å². The molecule has 1 aliphatic rings. The molecule has 0 aromatic heterocycles. The number of ether oxygens (including phenoxy) is 1. The lowest BCUT2D eigenvalue weighted by atomic mass is 10.7. The molecule has 0 saturated carbocycles. The molecule has 1 amide bonds. The molecule has 0 aromatic carbocycles. The van der Waals surface area contributed by atoms with Crippen LogP contribution >= 0.6 is 0 Å². The second kappa shape index (κ2) is 2.05. The Labute approximate surface area is 53.1 Å². The van der Waals surface area contributed by atoms with Crippen molar-refractivity contribution in [3.05, 3.63) is 0 Å². The van der Waals surface area contributed by atoms with Crippen LogP contribution in [0.4, 0.5) is 0 Å². The highest BCUT2D eigenvalue weighted by atomic mass is 16.5. The third kappa shape index (κ3) is 1.19. The van der Waals surface area contributed by atoms with E-state index in [1.807, 2.05) is 0 Å². The minimum atomic E-state index is -0.210. The summed E-state index contributed by atoms with van der Waals surface area (Å²) in [6.07, 6.45) is 0. The van der Waals surface area contributed by atoms with Crippen LogP contribution in [0.25, 0.3) is 0 Å². The maximum absolute atomic E-state index is 10.4. The second-order valence-corrected chi connectivity index (χ2v) is 1.97. The van der Waals surface area contributed by atoms with Gasteiger partial charge in [0, 0.05) is 14.1 Å². The monoisotopic (exact) mass is 128 g/mol. The quantitative estimate of drug-likeness (QED) is 0.440. The molecule has 50 valence electrons. The van der Waals surface area contributed by atoms with Crippen LogP contribution in [0.1, 0.15) is 0 Å². The van der Waals surface area contributed by atoms with Crippen molar-refractivity contribution in [2.75, 3.05) is 20.7 Å². The minimum Gasteiger partial charge on any atom is -0.455 e. The van der Waals surface area contributed by atoms with Gasteiger partial charge in [0.15, 0.2) is 6.61 Å². The van der Waals surface area contributed by atoms with Gasteiger partial charge in [0.1, 0.15) is 0 Å². The summed E-state index contributed by atoms with van der Waals surface area (Å²) in [4.78, 5) is 15.6. The average Bonchev–Trinajstić information content (AvgIpc) is 2.14. The summed E-state index contributed by atoms with van der Waals surface area (Å²) in [6, 6.07) is 0.403. The van der Waals surface area contributed by atoms with Gasteiger partial charge in [-0.05, 0) is 0 Å². The van der Waals surface area contributed by atoms with Crippen LogP contribution in [0.15, 0.2) is 4.99 Å². The number of carbonyl (C=O) groups is 1. The Morgan fingerprint density at radius 1 is 1.67 bits per heavy atom. The Balaban J connectivity index is 2.62. The smallest absolute Gasteiger partial charge is 0.295 e. The molecule has 9 heavy (non-hydrogen) atoms. The van der Waals surface area contributed by atoms with Crippen LogP contribution in [-0.2, 0) is 9.53 Å². The van der Waals surface area contributed by atoms with Gasteiger partial charge in [0.2, 0.25) is 0 Å². The van der Waals surface area contributed by atoms with Gasteiger partial charge < -0.3 is 9.64 Å². The Morgan fingerprint density at radius 3 is 2.56 bits per heavy atom. The summed E-state index contributed by atoms with van der Waals surface area (Å²) in [5.41, 5.74) is 0. The van der Waals surface area contributed by atoms with Gasteiger partial charge in [-0.15, -0.1) is 0 Å². The first kappa shape index (κ1) is 6.07. The molecule has 0 fully saturated rings. The minimum absolute atomic E-state index is 0.0908. The lowest BCUT2D eigenvalue weighted by Gasteiger charge is -2.08. The average molecular weight is 128 g/mol. The van der Waals surface area contributed by atoms with Crippen molar-refractivity contribution in [1.82, 2.24) is 4.90 Å². The summed E-state index contributed by atoms with van der Waals surface area (Å²) >= 11 is 0. The van der Waals surface area contributed by atoms with E-state index in [0.29, 0.717) is 6.02 Å². The lowest BCUT2D eigenvalue weighted by Crippen LogP contribution is -2.21. The van der Waals surface area contributed by atoms with Crippen LogP contribution in [0.5, 0.6) is 0 Å². The molecule has 0 saturated heterocycles. The molecule has 0 atom stereocenters. The van der Waals surface area contributed by atoms with Crippen molar-refractivity contribution < 1.29 is 9.53 Å². The SMILES string of the molecule is CN(C)C1=NC(=O)CO1. The zero-order valence-electron chi connectivity index (χ0n) is 5.42. The number of aliphatic imine (C=N–C) groups is 1. The van der Waals surface area contributed by atoms with Crippen LogP contribution in [0.2, 0.25) is 0 Å². The number of hydrogen-bond donors (Lipinski definition) is 0. The maximum atomic E-state index is 10.4. The molecule has 0 unspecified atom stereocenters. The Morgan fingerprint density at radius 2 is 2.33 bits per heavy atom. The van der Waals surface area contributed by atoms with Gasteiger partial charge in [0.25, 0.3) is 11.9 Å². The van der Waals surface area contributed by atoms with E-state index >= 15 is 0 Å². The number of rotatable bonds is 0. The number of amidine groups is 1. The van der Waals surface area contributed by atoms with E-state index in [9.17, 15) is 4.79 Å².